The fraction of sp³-hybridized carbons (Fsp3) is 0.857. The van der Waals surface area contributed by atoms with Gasteiger partial charge in [-0.05, 0) is 6.92 Å². The van der Waals surface area contributed by atoms with Crippen molar-refractivity contribution in [2.24, 2.45) is 4.99 Å². The van der Waals surface area contributed by atoms with Crippen LogP contribution in [-0.4, -0.2) is 102 Å². The Bertz CT molecular complexity index is 515. The fourth-order valence-electron chi connectivity index (χ4n) is 2.20. The van der Waals surface area contributed by atoms with E-state index in [1.165, 1.54) is 6.26 Å². The van der Waals surface area contributed by atoms with Gasteiger partial charge in [0, 0.05) is 46.0 Å². The van der Waals surface area contributed by atoms with E-state index in [-0.39, 0.29) is 18.5 Å². The van der Waals surface area contributed by atoms with Crippen LogP contribution in [0.4, 0.5) is 4.79 Å². The number of ether oxygens (including phenoxy) is 2. The maximum absolute atomic E-state index is 11.7. The van der Waals surface area contributed by atoms with Crippen molar-refractivity contribution in [1.82, 2.24) is 15.1 Å². The molecular weight excluding hydrogens is 336 g/mol. The van der Waals surface area contributed by atoms with Crippen LogP contribution < -0.4 is 5.32 Å². The molecule has 1 amide bonds. The van der Waals surface area contributed by atoms with Gasteiger partial charge in [0.05, 0.1) is 25.6 Å². The molecule has 0 saturated carbocycles. The summed E-state index contributed by atoms with van der Waals surface area (Å²) in [5.74, 6) is 0.766. The van der Waals surface area contributed by atoms with E-state index in [0.717, 1.165) is 5.96 Å². The molecule has 0 bridgehead atoms. The second-order valence-corrected chi connectivity index (χ2v) is 7.65. The Morgan fingerprint density at radius 1 is 1.17 bits per heavy atom. The smallest absolute Gasteiger partial charge is 0.409 e. The predicted molar refractivity (Wildman–Crippen MR) is 92.1 cm³/mol. The van der Waals surface area contributed by atoms with Gasteiger partial charge in [-0.3, -0.25) is 4.99 Å². The molecule has 0 spiro atoms. The summed E-state index contributed by atoms with van der Waals surface area (Å²) in [7, 11) is -1.29. The van der Waals surface area contributed by atoms with E-state index < -0.39 is 9.84 Å². The summed E-state index contributed by atoms with van der Waals surface area (Å²) in [5.41, 5.74) is 0. The quantitative estimate of drug-likeness (QED) is 0.366. The highest BCUT2D eigenvalue weighted by atomic mass is 32.2. The van der Waals surface area contributed by atoms with E-state index in [2.05, 4.69) is 15.2 Å². The number of piperazine rings is 1. The first-order valence-corrected chi connectivity index (χ1v) is 10.1. The molecule has 1 saturated heterocycles. The molecule has 24 heavy (non-hydrogen) atoms. The Balaban J connectivity index is 2.25. The standard InChI is InChI=1S/C14H28N4O5S/c1-4-23-14(19)18-8-6-17(7-9-18)13(15-2)16-5-10-22-11-12-24(3,20)21/h4-12H2,1-3H3,(H,15,16). The van der Waals surface area contributed by atoms with Crippen molar-refractivity contribution in [1.29, 1.82) is 0 Å². The molecule has 0 aliphatic carbocycles. The molecule has 1 rings (SSSR count). The van der Waals surface area contributed by atoms with Crippen LogP contribution in [0.5, 0.6) is 0 Å². The number of hydrogen-bond acceptors (Lipinski definition) is 6. The fourth-order valence-corrected chi connectivity index (χ4v) is 2.62. The lowest BCUT2D eigenvalue weighted by Crippen LogP contribution is -2.54. The number of hydrogen-bond donors (Lipinski definition) is 1. The number of rotatable bonds is 7. The lowest BCUT2D eigenvalue weighted by atomic mass is 10.3. The average Bonchev–Trinajstić information content (AvgIpc) is 2.54. The molecule has 0 unspecified atom stereocenters. The van der Waals surface area contributed by atoms with Crippen LogP contribution >= 0.6 is 0 Å². The molecule has 0 aromatic heterocycles. The zero-order valence-corrected chi connectivity index (χ0v) is 15.5. The van der Waals surface area contributed by atoms with Crippen molar-refractivity contribution in [2.75, 3.05) is 71.6 Å². The largest absolute Gasteiger partial charge is 0.450 e. The molecular formula is C14H28N4O5S. The van der Waals surface area contributed by atoms with Gasteiger partial charge in [-0.1, -0.05) is 0 Å². The van der Waals surface area contributed by atoms with Crippen LogP contribution in [0.2, 0.25) is 0 Å². The number of carbonyl (C=O) groups excluding carboxylic acids is 1. The molecule has 1 heterocycles. The molecule has 10 heteroatoms. The molecule has 0 aromatic carbocycles. The molecule has 9 nitrogen and oxygen atoms in total. The van der Waals surface area contributed by atoms with Crippen LogP contribution in [-0.2, 0) is 19.3 Å². The molecule has 1 aliphatic heterocycles. The number of nitrogens with zero attached hydrogens (tertiary/aromatic N) is 3. The normalized spacial score (nSPS) is 16.2. The van der Waals surface area contributed by atoms with Crippen molar-refractivity contribution in [3.63, 3.8) is 0 Å². The summed E-state index contributed by atoms with van der Waals surface area (Å²) in [4.78, 5) is 19.6. The van der Waals surface area contributed by atoms with E-state index in [9.17, 15) is 13.2 Å². The Morgan fingerprint density at radius 3 is 2.33 bits per heavy atom. The summed E-state index contributed by atoms with van der Waals surface area (Å²) in [6.45, 7) is 5.82. The summed E-state index contributed by atoms with van der Waals surface area (Å²) >= 11 is 0. The Hall–Kier alpha value is -1.55. The molecule has 140 valence electrons. The maximum atomic E-state index is 11.7. The summed E-state index contributed by atoms with van der Waals surface area (Å²) in [6, 6.07) is 0. The number of guanidine groups is 1. The topological polar surface area (TPSA) is 101 Å². The first kappa shape index (κ1) is 20.5. The lowest BCUT2D eigenvalue weighted by molar-refractivity contribution is 0.0913. The minimum atomic E-state index is -2.99. The van der Waals surface area contributed by atoms with E-state index in [1.54, 1.807) is 18.9 Å². The van der Waals surface area contributed by atoms with Crippen LogP contribution in [0.1, 0.15) is 6.92 Å². The van der Waals surface area contributed by atoms with Crippen LogP contribution in [0.25, 0.3) is 0 Å². The second-order valence-electron chi connectivity index (χ2n) is 5.39. The Kier molecular flexibility index (Phi) is 8.83. The van der Waals surface area contributed by atoms with Crippen LogP contribution in [0.3, 0.4) is 0 Å². The Labute approximate surface area is 143 Å². The second kappa shape index (κ2) is 10.3. The third-order valence-electron chi connectivity index (χ3n) is 3.44. The molecule has 0 atom stereocenters. The molecule has 1 aliphatic rings. The molecule has 0 aromatic rings. The van der Waals surface area contributed by atoms with Gasteiger partial charge in [0.1, 0.15) is 9.84 Å². The maximum Gasteiger partial charge on any atom is 0.409 e. The number of aliphatic imine (C=N–C) groups is 1. The third kappa shape index (κ3) is 7.82. The molecule has 0 radical (unpaired) electrons. The van der Waals surface area contributed by atoms with Crippen molar-refractivity contribution < 1.29 is 22.7 Å². The van der Waals surface area contributed by atoms with E-state index in [4.69, 9.17) is 9.47 Å². The monoisotopic (exact) mass is 364 g/mol. The number of nitrogens with one attached hydrogen (secondary N) is 1. The minimum absolute atomic E-state index is 0.0253. The highest BCUT2D eigenvalue weighted by molar-refractivity contribution is 7.90. The van der Waals surface area contributed by atoms with Gasteiger partial charge in [-0.25, -0.2) is 13.2 Å². The number of amides is 1. The van der Waals surface area contributed by atoms with Crippen molar-refractivity contribution in [3.8, 4) is 0 Å². The summed E-state index contributed by atoms with van der Waals surface area (Å²) < 4.78 is 32.2. The third-order valence-corrected chi connectivity index (χ3v) is 4.35. The van der Waals surface area contributed by atoms with Gasteiger partial charge in [0.25, 0.3) is 0 Å². The predicted octanol–water partition coefficient (Wildman–Crippen LogP) is -0.603. The van der Waals surface area contributed by atoms with Crippen molar-refractivity contribution >= 4 is 21.9 Å². The van der Waals surface area contributed by atoms with Gasteiger partial charge >= 0.3 is 6.09 Å². The van der Waals surface area contributed by atoms with Crippen LogP contribution in [0.15, 0.2) is 4.99 Å². The lowest BCUT2D eigenvalue weighted by Gasteiger charge is -2.35. The highest BCUT2D eigenvalue weighted by Crippen LogP contribution is 2.04. The minimum Gasteiger partial charge on any atom is -0.450 e. The van der Waals surface area contributed by atoms with Crippen molar-refractivity contribution in [2.45, 2.75) is 6.92 Å². The Morgan fingerprint density at radius 2 is 1.79 bits per heavy atom. The molecule has 1 N–H and O–H groups in total. The van der Waals surface area contributed by atoms with Gasteiger partial charge in [-0.15, -0.1) is 0 Å². The first-order chi connectivity index (χ1) is 11.4. The highest BCUT2D eigenvalue weighted by Gasteiger charge is 2.23. The van der Waals surface area contributed by atoms with Gasteiger partial charge < -0.3 is 24.6 Å². The number of carbonyl (C=O) groups is 1. The summed E-state index contributed by atoms with van der Waals surface area (Å²) in [5, 5.41) is 3.17. The molecule has 1 fully saturated rings. The van der Waals surface area contributed by atoms with Crippen LogP contribution in [0, 0.1) is 0 Å². The zero-order valence-electron chi connectivity index (χ0n) is 14.7. The van der Waals surface area contributed by atoms with Gasteiger partial charge in [0.15, 0.2) is 5.96 Å². The van der Waals surface area contributed by atoms with Gasteiger partial charge in [-0.2, -0.15) is 0 Å². The van der Waals surface area contributed by atoms with Gasteiger partial charge in [0.2, 0.25) is 0 Å². The first-order valence-electron chi connectivity index (χ1n) is 8.00. The van der Waals surface area contributed by atoms with E-state index in [0.29, 0.717) is 45.9 Å². The van der Waals surface area contributed by atoms with E-state index in [1.807, 2.05) is 0 Å². The average molecular weight is 364 g/mol. The zero-order chi connectivity index (χ0) is 18.0. The van der Waals surface area contributed by atoms with E-state index >= 15 is 0 Å². The van der Waals surface area contributed by atoms with Crippen molar-refractivity contribution in [3.05, 3.63) is 0 Å². The SMILES string of the molecule is CCOC(=O)N1CCN(C(=NC)NCCOCCS(C)(=O)=O)CC1. The summed E-state index contributed by atoms with van der Waals surface area (Å²) in [6.07, 6.45) is 0.909. The number of sulfone groups is 1.